The summed E-state index contributed by atoms with van der Waals surface area (Å²) in [7, 11) is 0. The Bertz CT molecular complexity index is 3240. The number of para-hydroxylation sites is 1. The van der Waals surface area contributed by atoms with Crippen molar-refractivity contribution in [3.05, 3.63) is 271 Å². The fraction of sp³-hybridized carbons (Fsp3) is 0.0820. The van der Waals surface area contributed by atoms with E-state index in [0.717, 1.165) is 72.4 Å². The maximum atomic E-state index is 5.00. The van der Waals surface area contributed by atoms with E-state index in [1.807, 2.05) is 6.20 Å². The SMILES string of the molecule is CC(C)(C)c1ccnc(-n2c3[c-]c(C(c4[c-]c(N5C=CN(c6cc(-c7ccccc7)cc(-c7ccccc7)c6)[CH-]5)ccc4)(c4ccccc4)c4ccccc4)ccc3c3ccccc32)c1.[Pt]. The molecule has 4 nitrogen and oxygen atoms in total. The minimum atomic E-state index is -0.799. The minimum Gasteiger partial charge on any atom is -0.500 e. The number of hydrogen-bond donors (Lipinski definition) is 0. The molecule has 2 aromatic heterocycles. The van der Waals surface area contributed by atoms with Crippen molar-refractivity contribution in [3.8, 4) is 28.1 Å². The topological polar surface area (TPSA) is 24.3 Å². The van der Waals surface area contributed by atoms with Gasteiger partial charge in [0.2, 0.25) is 0 Å². The van der Waals surface area contributed by atoms with Gasteiger partial charge in [-0.25, -0.2) is 4.98 Å². The van der Waals surface area contributed by atoms with E-state index in [1.54, 1.807) is 0 Å². The molecule has 1 aliphatic rings. The van der Waals surface area contributed by atoms with Gasteiger partial charge in [-0.3, -0.25) is 0 Å². The maximum absolute atomic E-state index is 5.00. The summed E-state index contributed by atoms with van der Waals surface area (Å²) < 4.78 is 2.29. The number of fused-ring (bicyclic) bond motifs is 3. The van der Waals surface area contributed by atoms with Crippen LogP contribution in [0.5, 0.6) is 0 Å². The van der Waals surface area contributed by atoms with Crippen molar-refractivity contribution in [1.82, 2.24) is 9.55 Å². The van der Waals surface area contributed by atoms with Crippen LogP contribution in [-0.4, -0.2) is 9.55 Å². The average Bonchev–Trinajstić information content (AvgIpc) is 3.99. The Morgan fingerprint density at radius 1 is 0.470 bits per heavy atom. The predicted molar refractivity (Wildman–Crippen MR) is 269 cm³/mol. The zero-order valence-electron chi connectivity index (χ0n) is 37.0. The number of hydrogen-bond acceptors (Lipinski definition) is 3. The summed E-state index contributed by atoms with van der Waals surface area (Å²) in [6.07, 6.45) is 6.19. The Morgan fingerprint density at radius 2 is 1.05 bits per heavy atom. The van der Waals surface area contributed by atoms with E-state index in [0.29, 0.717) is 0 Å². The van der Waals surface area contributed by atoms with Gasteiger partial charge >= 0.3 is 0 Å². The molecule has 8 aromatic carbocycles. The second-order valence-corrected chi connectivity index (χ2v) is 17.8. The van der Waals surface area contributed by atoms with Crippen LogP contribution in [0.4, 0.5) is 11.4 Å². The van der Waals surface area contributed by atoms with E-state index in [2.05, 4.69) is 273 Å². The van der Waals surface area contributed by atoms with E-state index in [-0.39, 0.29) is 26.5 Å². The standard InChI is InChI=1S/C61H47N4.Pt/c1-60(2,3)50-33-34-62-59(42-50)65-57-30-17-16-29-55(57)56-32-31-52(41-58(56)65)61(48-23-12-6-13-24-48,49-25-14-7-15-26-49)51-27-18-28-53(40-51)63-35-36-64(43-63)54-38-46(44-19-8-4-9-20-44)37-47(39-54)45-21-10-5-11-22-45;/h4-39,42-43H,1-3H3;/q-3;. The predicted octanol–water partition coefficient (Wildman–Crippen LogP) is 14.7. The zero-order chi connectivity index (χ0) is 44.0. The van der Waals surface area contributed by atoms with Gasteiger partial charge in [-0.05, 0) is 98.5 Å². The number of rotatable bonds is 9. The molecule has 3 heterocycles. The fourth-order valence-electron chi connectivity index (χ4n) is 9.50. The summed E-state index contributed by atoms with van der Waals surface area (Å²) in [4.78, 5) is 9.37. The summed E-state index contributed by atoms with van der Waals surface area (Å²) >= 11 is 0. The van der Waals surface area contributed by atoms with Crippen molar-refractivity contribution < 1.29 is 21.1 Å². The molecule has 0 N–H and O–H groups in total. The molecular weight excluding hydrogens is 984 g/mol. The van der Waals surface area contributed by atoms with Gasteiger partial charge in [-0.1, -0.05) is 166 Å². The Kier molecular flexibility index (Phi) is 11.4. The molecule has 0 saturated heterocycles. The van der Waals surface area contributed by atoms with Gasteiger partial charge in [0, 0.05) is 43.9 Å². The summed E-state index contributed by atoms with van der Waals surface area (Å²) in [6.45, 7) is 8.90. The van der Waals surface area contributed by atoms with Gasteiger partial charge in [0.25, 0.3) is 0 Å². The minimum absolute atomic E-state index is 0. The van der Waals surface area contributed by atoms with Crippen molar-refractivity contribution in [2.45, 2.75) is 31.6 Å². The van der Waals surface area contributed by atoms with Gasteiger partial charge in [-0.2, -0.15) is 42.5 Å². The van der Waals surface area contributed by atoms with Crippen LogP contribution in [0, 0.1) is 18.8 Å². The van der Waals surface area contributed by atoms with E-state index in [9.17, 15) is 0 Å². The largest absolute Gasteiger partial charge is 0.500 e. The third-order valence-corrected chi connectivity index (χ3v) is 12.8. The van der Waals surface area contributed by atoms with Crippen LogP contribution in [0.2, 0.25) is 0 Å². The van der Waals surface area contributed by atoms with Gasteiger partial charge < -0.3 is 14.4 Å². The Labute approximate surface area is 402 Å². The average molecular weight is 1030 g/mol. The number of pyridine rings is 1. The monoisotopic (exact) mass is 1030 g/mol. The van der Waals surface area contributed by atoms with Crippen molar-refractivity contribution >= 4 is 33.2 Å². The molecule has 1 aliphatic heterocycles. The fourth-order valence-corrected chi connectivity index (χ4v) is 9.50. The van der Waals surface area contributed by atoms with Crippen LogP contribution in [0.25, 0.3) is 49.9 Å². The number of benzene rings is 8. The molecule has 0 saturated carbocycles. The number of nitrogens with zero attached hydrogens (tertiary/aromatic N) is 4. The van der Waals surface area contributed by atoms with Crippen molar-refractivity contribution in [1.29, 1.82) is 0 Å². The molecule has 0 unspecified atom stereocenters. The summed E-state index contributed by atoms with van der Waals surface area (Å²) in [5.74, 6) is 0.877. The Morgan fingerprint density at radius 3 is 1.68 bits per heavy atom. The third kappa shape index (κ3) is 7.66. The van der Waals surface area contributed by atoms with Crippen LogP contribution in [0.15, 0.2) is 225 Å². The first-order valence-electron chi connectivity index (χ1n) is 22.3. The molecule has 66 heavy (non-hydrogen) atoms. The quantitative estimate of drug-likeness (QED) is 0.106. The van der Waals surface area contributed by atoms with E-state index in [1.165, 1.54) is 16.7 Å². The van der Waals surface area contributed by atoms with Crippen LogP contribution < -0.4 is 9.80 Å². The van der Waals surface area contributed by atoms with Gasteiger partial charge in [0.15, 0.2) is 0 Å². The van der Waals surface area contributed by atoms with Gasteiger partial charge in [0.1, 0.15) is 5.82 Å². The first kappa shape index (κ1) is 42.7. The molecule has 0 atom stereocenters. The number of anilines is 2. The summed E-state index contributed by atoms with van der Waals surface area (Å²) in [5.41, 5.74) is 13.4. The van der Waals surface area contributed by atoms with E-state index in [4.69, 9.17) is 4.98 Å². The summed E-state index contributed by atoms with van der Waals surface area (Å²) in [5, 5.41) is 2.29. The Balaban J connectivity index is 0.00000511. The molecule has 0 aliphatic carbocycles. The van der Waals surface area contributed by atoms with E-state index >= 15 is 0 Å². The van der Waals surface area contributed by atoms with Crippen LogP contribution in [0.1, 0.15) is 48.6 Å². The van der Waals surface area contributed by atoms with Crippen LogP contribution in [-0.2, 0) is 31.9 Å². The second kappa shape index (κ2) is 17.6. The molecule has 0 spiro atoms. The molecule has 0 amide bonds. The van der Waals surface area contributed by atoms with Gasteiger partial charge in [0.05, 0.1) is 0 Å². The van der Waals surface area contributed by atoms with Gasteiger partial charge in [-0.15, -0.1) is 28.9 Å². The molecule has 324 valence electrons. The summed E-state index contributed by atoms with van der Waals surface area (Å²) in [6, 6.07) is 81.8. The molecule has 0 radical (unpaired) electrons. The molecule has 10 aromatic rings. The Hall–Kier alpha value is -7.26. The zero-order valence-corrected chi connectivity index (χ0v) is 39.3. The van der Waals surface area contributed by atoms with Crippen molar-refractivity contribution in [2.24, 2.45) is 0 Å². The normalized spacial score (nSPS) is 12.8. The smallest absolute Gasteiger partial charge is 0.135 e. The van der Waals surface area contributed by atoms with Crippen LogP contribution >= 0.6 is 0 Å². The van der Waals surface area contributed by atoms with Crippen LogP contribution in [0.3, 0.4) is 0 Å². The molecule has 11 rings (SSSR count). The third-order valence-electron chi connectivity index (χ3n) is 12.8. The van der Waals surface area contributed by atoms with E-state index < -0.39 is 5.41 Å². The first-order valence-corrected chi connectivity index (χ1v) is 22.3. The molecule has 0 fully saturated rings. The second-order valence-electron chi connectivity index (χ2n) is 17.8. The first-order chi connectivity index (χ1) is 31.8. The molecule has 0 bridgehead atoms. The maximum Gasteiger partial charge on any atom is 0.135 e. The van der Waals surface area contributed by atoms with Crippen molar-refractivity contribution in [3.63, 3.8) is 0 Å². The molecular formula is C61H47N4Pt-3. The van der Waals surface area contributed by atoms with Crippen molar-refractivity contribution in [2.75, 3.05) is 9.80 Å². The molecule has 5 heteroatoms. The number of aromatic nitrogens is 2.